The zero-order valence-corrected chi connectivity index (χ0v) is 8.86. The van der Waals surface area contributed by atoms with Crippen LogP contribution in [0.25, 0.3) is 0 Å². The molecular weight excluding hydrogens is 189 g/mol. The van der Waals surface area contributed by atoms with Crippen molar-refractivity contribution in [2.45, 2.75) is 0 Å². The minimum absolute atomic E-state index is 1.02. The number of rotatable bonds is 3. The second-order valence-electron chi connectivity index (χ2n) is 2.51. The topological polar surface area (TPSA) is 21.3 Å². The Kier molecular flexibility index (Phi) is 3.27. The molecule has 0 aliphatic carbocycles. The summed E-state index contributed by atoms with van der Waals surface area (Å²) in [6.45, 7) is 1.91. The third-order valence-electron chi connectivity index (χ3n) is 1.45. The molecule has 0 aromatic heterocycles. The molecule has 0 heterocycles. The molecule has 0 aliphatic rings. The summed E-state index contributed by atoms with van der Waals surface area (Å²) in [4.78, 5) is 0. The van der Waals surface area contributed by atoms with E-state index in [4.69, 9.17) is 16.3 Å². The molecule has 0 amide bonds. The van der Waals surface area contributed by atoms with E-state index in [2.05, 4.69) is 5.09 Å². The maximum absolute atomic E-state index is 5.20. The zero-order chi connectivity index (χ0) is 9.03. The van der Waals surface area contributed by atoms with Gasteiger partial charge in [-0.25, -0.2) is 0 Å². The molecule has 0 aliphatic heterocycles. The molecule has 2 nitrogen and oxygen atoms in total. The molecule has 0 saturated carbocycles. The van der Waals surface area contributed by atoms with Gasteiger partial charge in [0.15, 0.2) is 0 Å². The molecule has 66 valence electrons. The number of para-hydroxylation sites is 1. The summed E-state index contributed by atoms with van der Waals surface area (Å²) in [6.07, 6.45) is -1.81. The fraction of sp³-hybridized carbons (Fsp3) is 0.250. The maximum atomic E-state index is 5.20. The Labute approximate surface area is 78.1 Å². The van der Waals surface area contributed by atoms with E-state index in [0.29, 0.717) is 0 Å². The number of benzene rings is 1. The van der Waals surface area contributed by atoms with E-state index >= 15 is 0 Å². The second-order valence-corrected chi connectivity index (χ2v) is 6.88. The standard InChI is InChI=1S/C8H12NOPS/c1-10-11(2,12)9-8-6-4-3-5-7-8/h3-7H,1-2H3,(H,9,12). The molecule has 12 heavy (non-hydrogen) atoms. The Morgan fingerprint density at radius 3 is 2.42 bits per heavy atom. The highest BCUT2D eigenvalue weighted by Gasteiger charge is 2.06. The van der Waals surface area contributed by atoms with Gasteiger partial charge in [0.25, 0.3) is 0 Å². The van der Waals surface area contributed by atoms with Crippen LogP contribution in [0.1, 0.15) is 0 Å². The van der Waals surface area contributed by atoms with Crippen molar-refractivity contribution in [2.24, 2.45) is 0 Å². The summed E-state index contributed by atoms with van der Waals surface area (Å²) in [5, 5.41) is 3.17. The molecule has 4 heteroatoms. The highest BCUT2D eigenvalue weighted by Crippen LogP contribution is 2.41. The quantitative estimate of drug-likeness (QED) is 0.760. The number of hydrogen-bond acceptors (Lipinski definition) is 2. The van der Waals surface area contributed by atoms with Crippen LogP contribution in [0.4, 0.5) is 5.69 Å². The van der Waals surface area contributed by atoms with Gasteiger partial charge in [-0.3, -0.25) is 0 Å². The Morgan fingerprint density at radius 2 is 1.92 bits per heavy atom. The molecule has 1 aromatic rings. The van der Waals surface area contributed by atoms with Gasteiger partial charge in [0.1, 0.15) is 6.42 Å². The van der Waals surface area contributed by atoms with Crippen molar-refractivity contribution in [3.63, 3.8) is 0 Å². The highest BCUT2D eigenvalue weighted by atomic mass is 32.4. The average Bonchev–Trinajstić information content (AvgIpc) is 2.06. The summed E-state index contributed by atoms with van der Waals surface area (Å²) >= 11 is 5.20. The fourth-order valence-corrected chi connectivity index (χ4v) is 1.82. The minimum atomic E-state index is -1.81. The first-order valence-electron chi connectivity index (χ1n) is 3.60. The van der Waals surface area contributed by atoms with Gasteiger partial charge in [0.05, 0.1) is 0 Å². The molecule has 1 aromatic carbocycles. The molecular formula is C8H12NOPS. The van der Waals surface area contributed by atoms with Crippen LogP contribution in [0, 0.1) is 0 Å². The van der Waals surface area contributed by atoms with Crippen LogP contribution in [-0.4, -0.2) is 13.8 Å². The van der Waals surface area contributed by atoms with Crippen molar-refractivity contribution in [1.82, 2.24) is 0 Å². The molecule has 1 rings (SSSR count). The molecule has 0 radical (unpaired) electrons. The number of hydrogen-bond donors (Lipinski definition) is 1. The van der Waals surface area contributed by atoms with E-state index in [0.717, 1.165) is 5.69 Å². The Balaban J connectivity index is 2.71. The van der Waals surface area contributed by atoms with Gasteiger partial charge in [-0.05, 0) is 23.9 Å². The van der Waals surface area contributed by atoms with E-state index in [-0.39, 0.29) is 0 Å². The van der Waals surface area contributed by atoms with Crippen LogP contribution in [0.2, 0.25) is 0 Å². The van der Waals surface area contributed by atoms with Crippen molar-refractivity contribution in [2.75, 3.05) is 18.9 Å². The smallest absolute Gasteiger partial charge is 0.149 e. The van der Waals surface area contributed by atoms with Crippen LogP contribution in [-0.2, 0) is 16.3 Å². The van der Waals surface area contributed by atoms with E-state index in [1.54, 1.807) is 7.11 Å². The Morgan fingerprint density at radius 1 is 1.33 bits per heavy atom. The largest absolute Gasteiger partial charge is 0.338 e. The lowest BCUT2D eigenvalue weighted by atomic mass is 10.3. The fourth-order valence-electron chi connectivity index (χ4n) is 0.793. The summed E-state index contributed by atoms with van der Waals surface area (Å²) in [5.74, 6) is 0. The van der Waals surface area contributed by atoms with Crippen LogP contribution >= 0.6 is 6.42 Å². The van der Waals surface area contributed by atoms with Gasteiger partial charge in [-0.15, -0.1) is 0 Å². The lowest BCUT2D eigenvalue weighted by Gasteiger charge is -2.16. The second kappa shape index (κ2) is 4.04. The monoisotopic (exact) mass is 201 g/mol. The van der Waals surface area contributed by atoms with Gasteiger partial charge < -0.3 is 9.61 Å². The molecule has 0 spiro atoms. The van der Waals surface area contributed by atoms with Gasteiger partial charge >= 0.3 is 0 Å². The lowest BCUT2D eigenvalue weighted by molar-refractivity contribution is 0.466. The van der Waals surface area contributed by atoms with Crippen LogP contribution in [0.5, 0.6) is 0 Å². The van der Waals surface area contributed by atoms with E-state index in [1.165, 1.54) is 0 Å². The van der Waals surface area contributed by atoms with Gasteiger partial charge in [-0.2, -0.15) is 0 Å². The predicted molar refractivity (Wildman–Crippen MR) is 57.3 cm³/mol. The van der Waals surface area contributed by atoms with Crippen LogP contribution < -0.4 is 5.09 Å². The molecule has 0 saturated heterocycles. The molecule has 1 N–H and O–H groups in total. The predicted octanol–water partition coefficient (Wildman–Crippen LogP) is 2.68. The normalized spacial score (nSPS) is 15.2. The molecule has 1 atom stereocenters. The molecule has 1 unspecified atom stereocenters. The van der Waals surface area contributed by atoms with E-state index in [1.807, 2.05) is 37.0 Å². The SMILES string of the molecule is COP(C)(=S)Nc1ccccc1. The van der Waals surface area contributed by atoms with Gasteiger partial charge in [0.2, 0.25) is 0 Å². The van der Waals surface area contributed by atoms with Crippen molar-refractivity contribution >= 4 is 23.9 Å². The van der Waals surface area contributed by atoms with Gasteiger partial charge in [0, 0.05) is 19.5 Å². The number of nitrogens with one attached hydrogen (secondary N) is 1. The van der Waals surface area contributed by atoms with Gasteiger partial charge in [-0.1, -0.05) is 18.2 Å². The minimum Gasteiger partial charge on any atom is -0.338 e. The van der Waals surface area contributed by atoms with Crippen molar-refractivity contribution in [3.8, 4) is 0 Å². The summed E-state index contributed by atoms with van der Waals surface area (Å²) in [7, 11) is 1.64. The third kappa shape index (κ3) is 2.94. The first kappa shape index (κ1) is 9.72. The summed E-state index contributed by atoms with van der Waals surface area (Å²) in [6, 6.07) is 9.85. The Hall–Kier alpha value is -0.370. The van der Waals surface area contributed by atoms with Crippen molar-refractivity contribution in [1.29, 1.82) is 0 Å². The van der Waals surface area contributed by atoms with Crippen molar-refractivity contribution < 1.29 is 4.52 Å². The average molecular weight is 201 g/mol. The molecule has 0 bridgehead atoms. The zero-order valence-electron chi connectivity index (χ0n) is 7.15. The first-order chi connectivity index (χ1) is 5.64. The summed E-state index contributed by atoms with van der Waals surface area (Å²) in [5.41, 5.74) is 1.02. The van der Waals surface area contributed by atoms with Crippen LogP contribution in [0.15, 0.2) is 30.3 Å². The lowest BCUT2D eigenvalue weighted by Crippen LogP contribution is -1.95. The summed E-state index contributed by atoms with van der Waals surface area (Å²) < 4.78 is 5.16. The van der Waals surface area contributed by atoms with E-state index in [9.17, 15) is 0 Å². The first-order valence-corrected chi connectivity index (χ1v) is 6.77. The van der Waals surface area contributed by atoms with Crippen molar-refractivity contribution in [3.05, 3.63) is 30.3 Å². The Bertz CT molecular complexity index is 288. The molecule has 0 fully saturated rings. The highest BCUT2D eigenvalue weighted by molar-refractivity contribution is 8.12. The third-order valence-corrected chi connectivity index (χ3v) is 3.54. The number of anilines is 1. The van der Waals surface area contributed by atoms with E-state index < -0.39 is 6.42 Å². The van der Waals surface area contributed by atoms with Crippen LogP contribution in [0.3, 0.4) is 0 Å². The maximum Gasteiger partial charge on any atom is 0.149 e.